The van der Waals surface area contributed by atoms with E-state index in [1.165, 1.54) is 16.0 Å². The van der Waals surface area contributed by atoms with Crippen LogP contribution in [0.5, 0.6) is 0 Å². The van der Waals surface area contributed by atoms with E-state index < -0.39 is 0 Å². The summed E-state index contributed by atoms with van der Waals surface area (Å²) < 4.78 is 0. The van der Waals surface area contributed by atoms with Gasteiger partial charge in [0.2, 0.25) is 0 Å². The standard InChI is InChI=1S/C18H26N2S/c1-14-7-4-5-9-17(14)18(19)10-11-20(3)15(2)13-16-8-6-12-21-16/h4-9,12,15,18H,10-11,13,19H2,1-3H3. The van der Waals surface area contributed by atoms with Crippen LogP contribution in [0.1, 0.15) is 35.4 Å². The number of benzene rings is 1. The highest BCUT2D eigenvalue weighted by atomic mass is 32.1. The molecule has 0 bridgehead atoms. The second-order valence-electron chi connectivity index (χ2n) is 5.86. The van der Waals surface area contributed by atoms with Gasteiger partial charge in [0.15, 0.2) is 0 Å². The van der Waals surface area contributed by atoms with Crippen LogP contribution in [-0.4, -0.2) is 24.5 Å². The summed E-state index contributed by atoms with van der Waals surface area (Å²) >= 11 is 1.84. The predicted octanol–water partition coefficient (Wildman–Crippen LogP) is 4.01. The molecule has 1 heterocycles. The van der Waals surface area contributed by atoms with E-state index in [2.05, 4.69) is 67.6 Å². The Morgan fingerprint density at radius 1 is 1.19 bits per heavy atom. The molecular weight excluding hydrogens is 276 g/mol. The molecule has 2 nitrogen and oxygen atoms in total. The average Bonchev–Trinajstić information content (AvgIpc) is 2.97. The van der Waals surface area contributed by atoms with Gasteiger partial charge >= 0.3 is 0 Å². The minimum Gasteiger partial charge on any atom is -0.324 e. The number of aryl methyl sites for hydroxylation is 1. The number of hydrogen-bond donors (Lipinski definition) is 1. The Kier molecular flexibility index (Phi) is 5.97. The molecular formula is C18H26N2S. The summed E-state index contributed by atoms with van der Waals surface area (Å²) in [5, 5.41) is 2.15. The molecule has 0 saturated heterocycles. The summed E-state index contributed by atoms with van der Waals surface area (Å²) in [6.07, 6.45) is 2.11. The zero-order chi connectivity index (χ0) is 15.2. The lowest BCUT2D eigenvalue weighted by molar-refractivity contribution is 0.247. The van der Waals surface area contributed by atoms with Gasteiger partial charge < -0.3 is 10.6 Å². The lowest BCUT2D eigenvalue weighted by atomic mass is 9.99. The first kappa shape index (κ1) is 16.2. The predicted molar refractivity (Wildman–Crippen MR) is 92.8 cm³/mol. The molecule has 2 atom stereocenters. The van der Waals surface area contributed by atoms with Crippen molar-refractivity contribution in [2.45, 2.75) is 38.8 Å². The third kappa shape index (κ3) is 4.67. The fourth-order valence-electron chi connectivity index (χ4n) is 2.60. The summed E-state index contributed by atoms with van der Waals surface area (Å²) in [5.74, 6) is 0. The maximum absolute atomic E-state index is 6.36. The van der Waals surface area contributed by atoms with Crippen molar-refractivity contribution in [3.05, 3.63) is 57.8 Å². The molecule has 0 amide bonds. The van der Waals surface area contributed by atoms with Gasteiger partial charge in [0.05, 0.1) is 0 Å². The summed E-state index contributed by atoms with van der Waals surface area (Å²) in [7, 11) is 2.20. The summed E-state index contributed by atoms with van der Waals surface area (Å²) in [5.41, 5.74) is 8.92. The molecule has 114 valence electrons. The van der Waals surface area contributed by atoms with E-state index in [0.717, 1.165) is 19.4 Å². The van der Waals surface area contributed by atoms with E-state index in [0.29, 0.717) is 6.04 Å². The number of nitrogens with two attached hydrogens (primary N) is 1. The molecule has 0 radical (unpaired) electrons. The maximum atomic E-state index is 6.36. The third-order valence-corrected chi connectivity index (χ3v) is 5.11. The molecule has 0 aliphatic carbocycles. The highest BCUT2D eigenvalue weighted by Gasteiger charge is 2.14. The number of thiophene rings is 1. The molecule has 0 aliphatic rings. The second-order valence-corrected chi connectivity index (χ2v) is 6.90. The van der Waals surface area contributed by atoms with Gasteiger partial charge in [-0.1, -0.05) is 30.3 Å². The largest absolute Gasteiger partial charge is 0.324 e. The summed E-state index contributed by atoms with van der Waals surface area (Å²) in [4.78, 5) is 3.87. The van der Waals surface area contributed by atoms with Crippen LogP contribution in [0, 0.1) is 6.92 Å². The zero-order valence-corrected chi connectivity index (χ0v) is 14.1. The van der Waals surface area contributed by atoms with Gasteiger partial charge in [-0.25, -0.2) is 0 Å². The molecule has 1 aromatic carbocycles. The van der Waals surface area contributed by atoms with E-state index in [1.807, 2.05) is 11.3 Å². The van der Waals surface area contributed by atoms with Crippen molar-refractivity contribution in [2.75, 3.05) is 13.6 Å². The molecule has 2 rings (SSSR count). The lowest BCUT2D eigenvalue weighted by Crippen LogP contribution is -2.33. The van der Waals surface area contributed by atoms with Crippen LogP contribution in [0.2, 0.25) is 0 Å². The number of hydrogen-bond acceptors (Lipinski definition) is 3. The highest BCUT2D eigenvalue weighted by Crippen LogP contribution is 2.19. The Bertz CT molecular complexity index is 536. The molecule has 2 aromatic rings. The van der Waals surface area contributed by atoms with E-state index in [-0.39, 0.29) is 6.04 Å². The molecule has 2 unspecified atom stereocenters. The smallest absolute Gasteiger partial charge is 0.0309 e. The Morgan fingerprint density at radius 2 is 1.95 bits per heavy atom. The zero-order valence-electron chi connectivity index (χ0n) is 13.3. The summed E-state index contributed by atoms with van der Waals surface area (Å²) in [6.45, 7) is 5.46. The van der Waals surface area contributed by atoms with Crippen LogP contribution in [0.4, 0.5) is 0 Å². The molecule has 0 fully saturated rings. The SMILES string of the molecule is Cc1ccccc1C(N)CCN(C)C(C)Cc1cccs1. The van der Waals surface area contributed by atoms with Crippen LogP contribution in [0.3, 0.4) is 0 Å². The normalized spacial score (nSPS) is 14.3. The highest BCUT2D eigenvalue weighted by molar-refractivity contribution is 7.09. The summed E-state index contributed by atoms with van der Waals surface area (Å²) in [6, 6.07) is 13.4. The van der Waals surface area contributed by atoms with Crippen LogP contribution in [0.15, 0.2) is 41.8 Å². The van der Waals surface area contributed by atoms with Gasteiger partial charge in [-0.05, 0) is 62.9 Å². The maximum Gasteiger partial charge on any atom is 0.0309 e. The molecule has 0 aliphatic heterocycles. The van der Waals surface area contributed by atoms with Crippen LogP contribution in [0.25, 0.3) is 0 Å². The van der Waals surface area contributed by atoms with Crippen LogP contribution >= 0.6 is 11.3 Å². The first-order valence-corrected chi connectivity index (χ1v) is 8.49. The molecule has 21 heavy (non-hydrogen) atoms. The first-order chi connectivity index (χ1) is 10.1. The Hall–Kier alpha value is -1.16. The van der Waals surface area contributed by atoms with Crippen molar-refractivity contribution in [1.29, 1.82) is 0 Å². The Morgan fingerprint density at radius 3 is 2.62 bits per heavy atom. The van der Waals surface area contributed by atoms with Gasteiger partial charge in [0.25, 0.3) is 0 Å². The first-order valence-electron chi connectivity index (χ1n) is 7.61. The number of rotatable bonds is 7. The van der Waals surface area contributed by atoms with Crippen molar-refractivity contribution >= 4 is 11.3 Å². The minimum atomic E-state index is 0.127. The van der Waals surface area contributed by atoms with Gasteiger partial charge in [0.1, 0.15) is 0 Å². The van der Waals surface area contributed by atoms with Crippen LogP contribution in [-0.2, 0) is 6.42 Å². The van der Waals surface area contributed by atoms with E-state index >= 15 is 0 Å². The van der Waals surface area contributed by atoms with Crippen LogP contribution < -0.4 is 5.73 Å². The van der Waals surface area contributed by atoms with Crippen molar-refractivity contribution < 1.29 is 0 Å². The monoisotopic (exact) mass is 302 g/mol. The van der Waals surface area contributed by atoms with E-state index in [4.69, 9.17) is 5.73 Å². The molecule has 0 saturated carbocycles. The molecule has 3 heteroatoms. The molecule has 1 aromatic heterocycles. The second kappa shape index (κ2) is 7.74. The van der Waals surface area contributed by atoms with Crippen molar-refractivity contribution in [3.63, 3.8) is 0 Å². The third-order valence-electron chi connectivity index (χ3n) is 4.21. The topological polar surface area (TPSA) is 29.3 Å². The number of likely N-dealkylation sites (N-methyl/N-ethyl adjacent to an activating group) is 1. The molecule has 2 N–H and O–H groups in total. The van der Waals surface area contributed by atoms with E-state index in [9.17, 15) is 0 Å². The average molecular weight is 302 g/mol. The number of nitrogens with zero attached hydrogens (tertiary/aromatic N) is 1. The van der Waals surface area contributed by atoms with Gasteiger partial charge in [0, 0.05) is 17.0 Å². The molecule has 0 spiro atoms. The fourth-order valence-corrected chi connectivity index (χ4v) is 3.42. The minimum absolute atomic E-state index is 0.127. The van der Waals surface area contributed by atoms with Gasteiger partial charge in [-0.3, -0.25) is 0 Å². The lowest BCUT2D eigenvalue weighted by Gasteiger charge is -2.26. The Balaban J connectivity index is 1.83. The van der Waals surface area contributed by atoms with Crippen molar-refractivity contribution in [3.8, 4) is 0 Å². The quantitative estimate of drug-likeness (QED) is 0.837. The van der Waals surface area contributed by atoms with Gasteiger partial charge in [-0.2, -0.15) is 0 Å². The Labute approximate surface area is 132 Å². The van der Waals surface area contributed by atoms with Crippen molar-refractivity contribution in [2.24, 2.45) is 5.73 Å². The van der Waals surface area contributed by atoms with Crippen molar-refractivity contribution in [1.82, 2.24) is 4.90 Å². The van der Waals surface area contributed by atoms with E-state index in [1.54, 1.807) is 0 Å². The van der Waals surface area contributed by atoms with Gasteiger partial charge in [-0.15, -0.1) is 11.3 Å². The fraction of sp³-hybridized carbons (Fsp3) is 0.444.